The van der Waals surface area contributed by atoms with Gasteiger partial charge in [-0.25, -0.2) is 0 Å². The molecule has 5 heteroatoms. The normalized spacial score (nSPS) is 15.4. The summed E-state index contributed by atoms with van der Waals surface area (Å²) in [5.74, 6) is -0.103. The predicted molar refractivity (Wildman–Crippen MR) is 67.5 cm³/mol. The molecule has 1 aliphatic rings. The molecule has 0 spiro atoms. The fourth-order valence-electron chi connectivity index (χ4n) is 1.97. The molecule has 0 radical (unpaired) electrons. The SMILES string of the molecule is COCC1=CCN(C(=O)c2cc[nH]c(=O)c2)CC1. The zero-order chi connectivity index (χ0) is 13.0. The van der Waals surface area contributed by atoms with E-state index in [1.54, 1.807) is 18.1 Å². The Morgan fingerprint density at radius 2 is 2.39 bits per heavy atom. The lowest BCUT2D eigenvalue weighted by molar-refractivity contribution is 0.0764. The highest BCUT2D eigenvalue weighted by atomic mass is 16.5. The number of carbonyl (C=O) groups excluding carboxylic acids is 1. The number of nitrogens with zero attached hydrogens (tertiary/aromatic N) is 1. The lowest BCUT2D eigenvalue weighted by atomic mass is 10.1. The van der Waals surface area contributed by atoms with E-state index in [2.05, 4.69) is 4.98 Å². The number of methoxy groups -OCH3 is 1. The molecule has 0 atom stereocenters. The number of nitrogens with one attached hydrogen (secondary N) is 1. The van der Waals surface area contributed by atoms with Crippen LogP contribution in [0.2, 0.25) is 0 Å². The van der Waals surface area contributed by atoms with Crippen LogP contribution in [-0.2, 0) is 4.74 Å². The van der Waals surface area contributed by atoms with Crippen molar-refractivity contribution < 1.29 is 9.53 Å². The van der Waals surface area contributed by atoms with Gasteiger partial charge in [-0.3, -0.25) is 9.59 Å². The molecule has 18 heavy (non-hydrogen) atoms. The van der Waals surface area contributed by atoms with Gasteiger partial charge in [0.2, 0.25) is 5.56 Å². The Labute approximate surface area is 105 Å². The van der Waals surface area contributed by atoms with Crippen molar-refractivity contribution in [3.05, 3.63) is 45.9 Å². The van der Waals surface area contributed by atoms with E-state index < -0.39 is 0 Å². The van der Waals surface area contributed by atoms with Crippen molar-refractivity contribution in [1.29, 1.82) is 0 Å². The minimum absolute atomic E-state index is 0.103. The number of hydrogen-bond acceptors (Lipinski definition) is 3. The average molecular weight is 248 g/mol. The van der Waals surface area contributed by atoms with Gasteiger partial charge in [-0.1, -0.05) is 6.08 Å². The molecular weight excluding hydrogens is 232 g/mol. The lowest BCUT2D eigenvalue weighted by Gasteiger charge is -2.26. The van der Waals surface area contributed by atoms with Gasteiger partial charge in [0.15, 0.2) is 0 Å². The number of carbonyl (C=O) groups is 1. The predicted octanol–water partition coefficient (Wildman–Crippen LogP) is 0.794. The first kappa shape index (κ1) is 12.6. The Hall–Kier alpha value is -1.88. The Balaban J connectivity index is 2.06. The molecule has 2 heterocycles. The summed E-state index contributed by atoms with van der Waals surface area (Å²) in [6.45, 7) is 1.86. The van der Waals surface area contributed by atoms with Crippen LogP contribution in [0.4, 0.5) is 0 Å². The van der Waals surface area contributed by atoms with Gasteiger partial charge in [-0.15, -0.1) is 0 Å². The minimum atomic E-state index is -0.256. The second kappa shape index (κ2) is 5.64. The number of aromatic nitrogens is 1. The van der Waals surface area contributed by atoms with Crippen LogP contribution in [0.5, 0.6) is 0 Å². The minimum Gasteiger partial charge on any atom is -0.380 e. The van der Waals surface area contributed by atoms with E-state index in [4.69, 9.17) is 4.74 Å². The van der Waals surface area contributed by atoms with Gasteiger partial charge < -0.3 is 14.6 Å². The molecule has 0 aromatic carbocycles. The van der Waals surface area contributed by atoms with Crippen molar-refractivity contribution >= 4 is 5.91 Å². The van der Waals surface area contributed by atoms with Gasteiger partial charge in [0.05, 0.1) is 6.61 Å². The first-order chi connectivity index (χ1) is 8.70. The van der Waals surface area contributed by atoms with Crippen LogP contribution in [0, 0.1) is 0 Å². The van der Waals surface area contributed by atoms with Crippen LogP contribution in [0.25, 0.3) is 0 Å². The van der Waals surface area contributed by atoms with Crippen molar-refractivity contribution in [1.82, 2.24) is 9.88 Å². The Bertz CT molecular complexity index is 519. The van der Waals surface area contributed by atoms with Gasteiger partial charge in [0, 0.05) is 38.0 Å². The molecule has 1 amide bonds. The maximum atomic E-state index is 12.1. The van der Waals surface area contributed by atoms with Crippen LogP contribution in [-0.4, -0.2) is 42.6 Å². The van der Waals surface area contributed by atoms with Crippen molar-refractivity contribution in [3.8, 4) is 0 Å². The Kier molecular flexibility index (Phi) is 3.94. The molecule has 0 aliphatic carbocycles. The Morgan fingerprint density at radius 1 is 1.56 bits per heavy atom. The molecule has 1 aromatic heterocycles. The van der Waals surface area contributed by atoms with E-state index in [1.807, 2.05) is 6.08 Å². The summed E-state index contributed by atoms with van der Waals surface area (Å²) in [5, 5.41) is 0. The third-order valence-corrected chi connectivity index (χ3v) is 2.94. The van der Waals surface area contributed by atoms with Crippen LogP contribution in [0.15, 0.2) is 34.8 Å². The zero-order valence-corrected chi connectivity index (χ0v) is 10.3. The maximum absolute atomic E-state index is 12.1. The highest BCUT2D eigenvalue weighted by Crippen LogP contribution is 2.13. The molecule has 0 saturated carbocycles. The second-order valence-corrected chi connectivity index (χ2v) is 4.24. The molecule has 1 N–H and O–H groups in total. The first-order valence-corrected chi connectivity index (χ1v) is 5.85. The van der Waals surface area contributed by atoms with Crippen LogP contribution in [0.3, 0.4) is 0 Å². The van der Waals surface area contributed by atoms with Crippen molar-refractivity contribution in [3.63, 3.8) is 0 Å². The number of rotatable bonds is 3. The number of H-pyrrole nitrogens is 1. The average Bonchev–Trinajstić information content (AvgIpc) is 2.39. The first-order valence-electron chi connectivity index (χ1n) is 5.85. The summed E-state index contributed by atoms with van der Waals surface area (Å²) >= 11 is 0. The van der Waals surface area contributed by atoms with Gasteiger partial charge in [-0.05, 0) is 18.1 Å². The summed E-state index contributed by atoms with van der Waals surface area (Å²) in [6, 6.07) is 2.95. The summed E-state index contributed by atoms with van der Waals surface area (Å²) < 4.78 is 5.06. The van der Waals surface area contributed by atoms with Gasteiger partial charge >= 0.3 is 0 Å². The third kappa shape index (κ3) is 2.87. The van der Waals surface area contributed by atoms with Gasteiger partial charge in [0.25, 0.3) is 5.91 Å². The maximum Gasteiger partial charge on any atom is 0.254 e. The Morgan fingerprint density at radius 3 is 3.00 bits per heavy atom. The molecule has 0 saturated heterocycles. The van der Waals surface area contributed by atoms with Crippen molar-refractivity contribution in [2.45, 2.75) is 6.42 Å². The fraction of sp³-hybridized carbons (Fsp3) is 0.385. The fourth-order valence-corrected chi connectivity index (χ4v) is 1.97. The standard InChI is InChI=1S/C13H16N2O3/c1-18-9-10-3-6-15(7-4-10)13(17)11-2-5-14-12(16)8-11/h2-3,5,8H,4,6-7,9H2,1H3,(H,14,16). The number of pyridine rings is 1. The van der Waals surface area contributed by atoms with E-state index in [9.17, 15) is 9.59 Å². The van der Waals surface area contributed by atoms with E-state index in [0.29, 0.717) is 25.3 Å². The number of amides is 1. The highest BCUT2D eigenvalue weighted by molar-refractivity contribution is 5.94. The largest absolute Gasteiger partial charge is 0.380 e. The summed E-state index contributed by atoms with van der Waals surface area (Å²) in [4.78, 5) is 27.5. The lowest BCUT2D eigenvalue weighted by Crippen LogP contribution is -2.35. The monoisotopic (exact) mass is 248 g/mol. The van der Waals surface area contributed by atoms with E-state index in [0.717, 1.165) is 6.42 Å². The number of aromatic amines is 1. The van der Waals surface area contributed by atoms with Crippen molar-refractivity contribution in [2.24, 2.45) is 0 Å². The zero-order valence-electron chi connectivity index (χ0n) is 10.3. The molecule has 5 nitrogen and oxygen atoms in total. The second-order valence-electron chi connectivity index (χ2n) is 4.24. The molecular formula is C13H16N2O3. The van der Waals surface area contributed by atoms with E-state index in [1.165, 1.54) is 17.8 Å². The topological polar surface area (TPSA) is 62.4 Å². The number of ether oxygens (including phenoxy) is 1. The van der Waals surface area contributed by atoms with Crippen LogP contribution in [0.1, 0.15) is 16.8 Å². The third-order valence-electron chi connectivity index (χ3n) is 2.94. The van der Waals surface area contributed by atoms with Gasteiger partial charge in [0.1, 0.15) is 0 Å². The van der Waals surface area contributed by atoms with Gasteiger partial charge in [-0.2, -0.15) is 0 Å². The summed E-state index contributed by atoms with van der Waals surface area (Å²) in [5.41, 5.74) is 1.39. The molecule has 1 aliphatic heterocycles. The van der Waals surface area contributed by atoms with Crippen LogP contribution < -0.4 is 5.56 Å². The smallest absolute Gasteiger partial charge is 0.254 e. The highest BCUT2D eigenvalue weighted by Gasteiger charge is 2.18. The molecule has 0 bridgehead atoms. The number of hydrogen-bond donors (Lipinski definition) is 1. The molecule has 0 unspecified atom stereocenters. The molecule has 2 rings (SSSR count). The van der Waals surface area contributed by atoms with E-state index >= 15 is 0 Å². The van der Waals surface area contributed by atoms with Crippen LogP contribution >= 0.6 is 0 Å². The van der Waals surface area contributed by atoms with Crippen molar-refractivity contribution in [2.75, 3.05) is 26.8 Å². The summed E-state index contributed by atoms with van der Waals surface area (Å²) in [7, 11) is 1.66. The molecule has 0 fully saturated rings. The summed E-state index contributed by atoms with van der Waals surface area (Å²) in [6.07, 6.45) is 4.33. The van der Waals surface area contributed by atoms with E-state index in [-0.39, 0.29) is 11.5 Å². The quantitative estimate of drug-likeness (QED) is 0.805. The molecule has 96 valence electrons. The molecule has 1 aromatic rings.